The van der Waals surface area contributed by atoms with Gasteiger partial charge in [-0.05, 0) is 59.3 Å². The Hall–Kier alpha value is -0.400. The minimum atomic E-state index is 0.278. The lowest BCUT2D eigenvalue weighted by Crippen LogP contribution is -2.25. The number of hydrogen-bond donors (Lipinski definition) is 1. The summed E-state index contributed by atoms with van der Waals surface area (Å²) < 4.78 is 4.49. The lowest BCUT2D eigenvalue weighted by molar-refractivity contribution is 0.510. The SMILES string of the molecule is CCCNC(Cc1nccn1C)c1cc(I)ccc1Br. The van der Waals surface area contributed by atoms with Crippen molar-refractivity contribution in [3.8, 4) is 0 Å². The molecule has 1 aromatic heterocycles. The van der Waals surface area contributed by atoms with E-state index in [4.69, 9.17) is 0 Å². The minimum absolute atomic E-state index is 0.278. The summed E-state index contributed by atoms with van der Waals surface area (Å²) >= 11 is 6.04. The van der Waals surface area contributed by atoms with Crippen LogP contribution in [0.5, 0.6) is 0 Å². The Morgan fingerprint density at radius 2 is 2.25 bits per heavy atom. The van der Waals surface area contributed by atoms with Gasteiger partial charge in [-0.25, -0.2) is 4.98 Å². The highest BCUT2D eigenvalue weighted by molar-refractivity contribution is 14.1. The van der Waals surface area contributed by atoms with Crippen LogP contribution in [0.3, 0.4) is 0 Å². The highest BCUT2D eigenvalue weighted by Crippen LogP contribution is 2.27. The van der Waals surface area contributed by atoms with Crippen LogP contribution < -0.4 is 5.32 Å². The first-order valence-corrected chi connectivity index (χ1v) is 8.63. The molecular weight excluding hydrogens is 429 g/mol. The summed E-state index contributed by atoms with van der Waals surface area (Å²) in [5.41, 5.74) is 1.30. The average Bonchev–Trinajstić information content (AvgIpc) is 2.83. The van der Waals surface area contributed by atoms with Crippen LogP contribution in [-0.2, 0) is 13.5 Å². The third kappa shape index (κ3) is 4.05. The third-order valence-electron chi connectivity index (χ3n) is 3.28. The molecule has 1 atom stereocenters. The Morgan fingerprint density at radius 3 is 2.90 bits per heavy atom. The zero-order valence-electron chi connectivity index (χ0n) is 11.7. The molecule has 5 heteroatoms. The molecule has 108 valence electrons. The highest BCUT2D eigenvalue weighted by Gasteiger charge is 2.17. The molecule has 2 rings (SSSR count). The molecule has 0 aliphatic heterocycles. The molecule has 1 N–H and O–H groups in total. The predicted octanol–water partition coefficient (Wildman–Crippen LogP) is 4.07. The van der Waals surface area contributed by atoms with Crippen molar-refractivity contribution >= 4 is 38.5 Å². The maximum atomic E-state index is 4.45. The van der Waals surface area contributed by atoms with Gasteiger partial charge in [0.25, 0.3) is 0 Å². The molecule has 0 aliphatic rings. The predicted molar refractivity (Wildman–Crippen MR) is 94.8 cm³/mol. The first-order chi connectivity index (χ1) is 9.61. The van der Waals surface area contributed by atoms with E-state index in [-0.39, 0.29) is 6.04 Å². The number of halogens is 2. The number of imidazole rings is 1. The molecule has 0 spiro atoms. The fourth-order valence-corrected chi connectivity index (χ4v) is 3.21. The molecule has 0 saturated carbocycles. The van der Waals surface area contributed by atoms with Crippen molar-refractivity contribution in [1.29, 1.82) is 0 Å². The van der Waals surface area contributed by atoms with Crippen LogP contribution in [0.15, 0.2) is 35.1 Å². The maximum Gasteiger partial charge on any atom is 0.110 e. The smallest absolute Gasteiger partial charge is 0.110 e. The number of hydrogen-bond acceptors (Lipinski definition) is 2. The van der Waals surface area contributed by atoms with E-state index in [0.29, 0.717) is 0 Å². The average molecular weight is 448 g/mol. The van der Waals surface area contributed by atoms with Crippen molar-refractivity contribution in [2.75, 3.05) is 6.54 Å². The van der Waals surface area contributed by atoms with E-state index >= 15 is 0 Å². The Morgan fingerprint density at radius 1 is 1.45 bits per heavy atom. The molecule has 0 radical (unpaired) electrons. The number of aryl methyl sites for hydroxylation is 1. The largest absolute Gasteiger partial charge is 0.338 e. The van der Waals surface area contributed by atoms with Gasteiger partial charge in [-0.2, -0.15) is 0 Å². The van der Waals surface area contributed by atoms with Gasteiger partial charge in [0.05, 0.1) is 0 Å². The topological polar surface area (TPSA) is 29.9 Å². The van der Waals surface area contributed by atoms with E-state index in [2.05, 4.69) is 78.5 Å². The summed E-state index contributed by atoms with van der Waals surface area (Å²) in [5, 5.41) is 3.63. The van der Waals surface area contributed by atoms with Crippen molar-refractivity contribution in [2.45, 2.75) is 25.8 Å². The van der Waals surface area contributed by atoms with Crippen molar-refractivity contribution < 1.29 is 0 Å². The van der Waals surface area contributed by atoms with Crippen LogP contribution >= 0.6 is 38.5 Å². The molecule has 0 bridgehead atoms. The van der Waals surface area contributed by atoms with Crippen LogP contribution in [0.25, 0.3) is 0 Å². The summed E-state index contributed by atoms with van der Waals surface area (Å²) in [6, 6.07) is 6.75. The summed E-state index contributed by atoms with van der Waals surface area (Å²) in [7, 11) is 2.04. The van der Waals surface area contributed by atoms with Gasteiger partial charge in [-0.3, -0.25) is 0 Å². The van der Waals surface area contributed by atoms with Gasteiger partial charge < -0.3 is 9.88 Å². The van der Waals surface area contributed by atoms with Gasteiger partial charge in [0, 0.05) is 39.9 Å². The zero-order valence-corrected chi connectivity index (χ0v) is 15.5. The molecule has 1 heterocycles. The Kier molecular flexibility index (Phi) is 6.04. The first kappa shape index (κ1) is 16.0. The fraction of sp³-hybridized carbons (Fsp3) is 0.400. The second-order valence-corrected chi connectivity index (χ2v) is 6.93. The third-order valence-corrected chi connectivity index (χ3v) is 4.68. The molecule has 1 aromatic carbocycles. The Balaban J connectivity index is 2.27. The summed E-state index contributed by atoms with van der Waals surface area (Å²) in [6.45, 7) is 3.20. The molecule has 0 saturated heterocycles. The molecular formula is C15H19BrIN3. The molecule has 0 fully saturated rings. The van der Waals surface area contributed by atoms with Gasteiger partial charge >= 0.3 is 0 Å². The normalized spacial score (nSPS) is 12.6. The molecule has 0 aliphatic carbocycles. The van der Waals surface area contributed by atoms with Gasteiger partial charge in [-0.1, -0.05) is 22.9 Å². The van der Waals surface area contributed by atoms with E-state index in [1.165, 1.54) is 9.13 Å². The fourth-order valence-electron chi connectivity index (χ4n) is 2.17. The number of nitrogens with zero attached hydrogens (tertiary/aromatic N) is 2. The molecule has 20 heavy (non-hydrogen) atoms. The summed E-state index contributed by atoms with van der Waals surface area (Å²) in [5.74, 6) is 1.10. The van der Waals surface area contributed by atoms with Gasteiger partial charge in [0.1, 0.15) is 5.82 Å². The van der Waals surface area contributed by atoms with Gasteiger partial charge in [-0.15, -0.1) is 0 Å². The molecule has 0 amide bonds. The second-order valence-electron chi connectivity index (χ2n) is 4.83. The Labute approximate surface area is 142 Å². The molecule has 2 aromatic rings. The molecule has 3 nitrogen and oxygen atoms in total. The van der Waals surface area contributed by atoms with Crippen LogP contribution in [0.2, 0.25) is 0 Å². The number of nitrogens with one attached hydrogen (secondary N) is 1. The van der Waals surface area contributed by atoms with E-state index < -0.39 is 0 Å². The van der Waals surface area contributed by atoms with Gasteiger partial charge in [0.15, 0.2) is 0 Å². The van der Waals surface area contributed by atoms with Crippen molar-refractivity contribution in [2.24, 2.45) is 7.05 Å². The summed E-state index contributed by atoms with van der Waals surface area (Å²) in [6.07, 6.45) is 5.87. The Bertz CT molecular complexity index is 568. The lowest BCUT2D eigenvalue weighted by Gasteiger charge is -2.20. The number of aromatic nitrogens is 2. The number of rotatable bonds is 6. The highest BCUT2D eigenvalue weighted by atomic mass is 127. The monoisotopic (exact) mass is 447 g/mol. The van der Waals surface area contributed by atoms with Crippen LogP contribution in [-0.4, -0.2) is 16.1 Å². The van der Waals surface area contributed by atoms with E-state index in [0.717, 1.165) is 29.7 Å². The van der Waals surface area contributed by atoms with Crippen LogP contribution in [0.4, 0.5) is 0 Å². The van der Waals surface area contributed by atoms with Crippen molar-refractivity contribution in [3.05, 3.63) is 50.0 Å². The zero-order chi connectivity index (χ0) is 14.5. The number of benzene rings is 1. The summed E-state index contributed by atoms with van der Waals surface area (Å²) in [4.78, 5) is 4.45. The standard InChI is InChI=1S/C15H19BrIN3/c1-3-6-18-14(10-15-19-7-8-20(15)2)12-9-11(17)4-5-13(12)16/h4-5,7-9,14,18H,3,6,10H2,1-2H3. The van der Waals surface area contributed by atoms with Crippen LogP contribution in [0, 0.1) is 3.57 Å². The van der Waals surface area contributed by atoms with E-state index in [9.17, 15) is 0 Å². The minimum Gasteiger partial charge on any atom is -0.338 e. The van der Waals surface area contributed by atoms with Gasteiger partial charge in [0.2, 0.25) is 0 Å². The van der Waals surface area contributed by atoms with E-state index in [1.54, 1.807) is 0 Å². The first-order valence-electron chi connectivity index (χ1n) is 6.76. The quantitative estimate of drug-likeness (QED) is 0.676. The molecule has 1 unspecified atom stereocenters. The second kappa shape index (κ2) is 7.56. The van der Waals surface area contributed by atoms with E-state index in [1.807, 2.05) is 19.4 Å². The maximum absolute atomic E-state index is 4.45. The van der Waals surface area contributed by atoms with Crippen molar-refractivity contribution in [3.63, 3.8) is 0 Å². The van der Waals surface area contributed by atoms with Crippen LogP contribution in [0.1, 0.15) is 30.8 Å². The lowest BCUT2D eigenvalue weighted by atomic mass is 10.0. The van der Waals surface area contributed by atoms with Crippen molar-refractivity contribution in [1.82, 2.24) is 14.9 Å².